The van der Waals surface area contributed by atoms with Gasteiger partial charge >= 0.3 is 0 Å². The Morgan fingerprint density at radius 1 is 1.21 bits per heavy atom. The number of allylic oxidation sites excluding steroid dienone is 1. The Bertz CT molecular complexity index is 701. The minimum absolute atomic E-state index is 0.0868. The van der Waals surface area contributed by atoms with Crippen molar-refractivity contribution in [2.24, 2.45) is 11.8 Å². The SMILES string of the molecule is C=CCC1CC[C@@H](c2ccc(Cl)cc2)N(C(CN(C)SC2CC2)C2CC2)C1=O. The van der Waals surface area contributed by atoms with Crippen molar-refractivity contribution in [2.45, 2.75) is 62.3 Å². The number of hydrogen-bond acceptors (Lipinski definition) is 3. The molecule has 4 rings (SSSR count). The quantitative estimate of drug-likeness (QED) is 0.378. The summed E-state index contributed by atoms with van der Waals surface area (Å²) < 4.78 is 2.39. The molecule has 5 heteroatoms. The molecule has 0 N–H and O–H groups in total. The highest BCUT2D eigenvalue weighted by molar-refractivity contribution is 7.97. The van der Waals surface area contributed by atoms with Gasteiger partial charge in [-0.1, -0.05) is 41.8 Å². The van der Waals surface area contributed by atoms with E-state index in [1.54, 1.807) is 0 Å². The molecule has 0 spiro atoms. The number of likely N-dealkylation sites (N-methyl/N-ethyl adjacent to an activating group) is 1. The first-order valence-corrected chi connectivity index (χ1v) is 11.8. The normalized spacial score (nSPS) is 26.5. The number of benzene rings is 1. The van der Waals surface area contributed by atoms with Crippen LogP contribution in [-0.2, 0) is 4.79 Å². The van der Waals surface area contributed by atoms with Crippen molar-refractivity contribution in [3.63, 3.8) is 0 Å². The highest BCUT2D eigenvalue weighted by Crippen LogP contribution is 2.45. The van der Waals surface area contributed by atoms with Gasteiger partial charge in [0.1, 0.15) is 0 Å². The molecule has 2 saturated carbocycles. The number of amides is 1. The fraction of sp³-hybridized carbons (Fsp3) is 0.609. The molecule has 2 unspecified atom stereocenters. The highest BCUT2D eigenvalue weighted by Gasteiger charge is 2.45. The van der Waals surface area contributed by atoms with Crippen LogP contribution in [-0.4, -0.2) is 40.0 Å². The summed E-state index contributed by atoms with van der Waals surface area (Å²) >= 11 is 8.10. The molecule has 0 bridgehead atoms. The lowest BCUT2D eigenvalue weighted by Gasteiger charge is -2.45. The maximum Gasteiger partial charge on any atom is 0.226 e. The fourth-order valence-corrected chi connectivity index (χ4v) is 5.71. The van der Waals surface area contributed by atoms with E-state index in [2.05, 4.69) is 35.0 Å². The summed E-state index contributed by atoms with van der Waals surface area (Å²) in [6, 6.07) is 8.59. The Morgan fingerprint density at radius 2 is 1.93 bits per heavy atom. The molecular formula is C23H31ClN2OS. The van der Waals surface area contributed by atoms with Gasteiger partial charge in [-0.05, 0) is 75.6 Å². The third-order valence-corrected chi connectivity index (χ3v) is 7.79. The fourth-order valence-electron chi connectivity index (χ4n) is 4.49. The summed E-state index contributed by atoms with van der Waals surface area (Å²) in [5.41, 5.74) is 1.22. The summed E-state index contributed by atoms with van der Waals surface area (Å²) in [5, 5.41) is 1.55. The zero-order valence-corrected chi connectivity index (χ0v) is 18.3. The predicted molar refractivity (Wildman–Crippen MR) is 118 cm³/mol. The van der Waals surface area contributed by atoms with E-state index in [1.165, 1.54) is 31.2 Å². The van der Waals surface area contributed by atoms with E-state index in [-0.39, 0.29) is 12.0 Å². The van der Waals surface area contributed by atoms with Crippen LogP contribution in [0.4, 0.5) is 0 Å². The van der Waals surface area contributed by atoms with Gasteiger partial charge in [-0.3, -0.25) is 9.10 Å². The number of nitrogens with zero attached hydrogens (tertiary/aromatic N) is 2. The van der Waals surface area contributed by atoms with E-state index in [0.29, 0.717) is 17.9 Å². The molecule has 3 fully saturated rings. The number of rotatable bonds is 9. The van der Waals surface area contributed by atoms with Crippen LogP contribution < -0.4 is 0 Å². The van der Waals surface area contributed by atoms with Crippen molar-refractivity contribution in [1.82, 2.24) is 9.21 Å². The number of hydrogen-bond donors (Lipinski definition) is 0. The minimum atomic E-state index is 0.0868. The highest BCUT2D eigenvalue weighted by atomic mass is 35.5. The second-order valence-electron chi connectivity index (χ2n) is 8.63. The van der Waals surface area contributed by atoms with Crippen LogP contribution in [0.3, 0.4) is 0 Å². The molecule has 0 aromatic heterocycles. The standard InChI is InChI=1S/C23H31ClN2OS/c1-3-4-18-9-14-21(16-7-10-19(24)11-8-16)26(23(18)27)22(17-5-6-17)15-25(2)28-20-12-13-20/h3,7-8,10-11,17-18,20-22H,1,4-6,9,12-15H2,2H3/t18?,21-,22?/m0/s1. The Labute approximate surface area is 178 Å². The number of piperidine rings is 1. The van der Waals surface area contributed by atoms with E-state index in [1.807, 2.05) is 30.2 Å². The second-order valence-corrected chi connectivity index (χ2v) is 10.6. The van der Waals surface area contributed by atoms with Crippen molar-refractivity contribution in [1.29, 1.82) is 0 Å². The van der Waals surface area contributed by atoms with Crippen molar-refractivity contribution >= 4 is 29.5 Å². The van der Waals surface area contributed by atoms with Gasteiger partial charge in [-0.15, -0.1) is 6.58 Å². The molecule has 3 nitrogen and oxygen atoms in total. The van der Waals surface area contributed by atoms with Crippen LogP contribution in [0.5, 0.6) is 0 Å². The molecule has 28 heavy (non-hydrogen) atoms. The maximum atomic E-state index is 13.6. The van der Waals surface area contributed by atoms with Crippen molar-refractivity contribution < 1.29 is 4.79 Å². The largest absolute Gasteiger partial charge is 0.331 e. The smallest absolute Gasteiger partial charge is 0.226 e. The molecular weight excluding hydrogens is 388 g/mol. The van der Waals surface area contributed by atoms with E-state index < -0.39 is 0 Å². The second kappa shape index (κ2) is 8.81. The third-order valence-electron chi connectivity index (χ3n) is 6.26. The third kappa shape index (κ3) is 4.77. The maximum absolute atomic E-state index is 13.6. The first-order chi connectivity index (χ1) is 13.6. The van der Waals surface area contributed by atoms with Gasteiger partial charge < -0.3 is 4.90 Å². The molecule has 1 amide bonds. The Balaban J connectivity index is 1.59. The van der Waals surface area contributed by atoms with Gasteiger partial charge in [-0.25, -0.2) is 0 Å². The number of halogens is 1. The van der Waals surface area contributed by atoms with Gasteiger partial charge in [0, 0.05) is 28.8 Å². The average molecular weight is 419 g/mol. The van der Waals surface area contributed by atoms with Gasteiger partial charge in [0.05, 0.1) is 6.04 Å². The van der Waals surface area contributed by atoms with E-state index in [0.717, 1.165) is 36.1 Å². The summed E-state index contributed by atoms with van der Waals surface area (Å²) in [7, 11) is 2.20. The van der Waals surface area contributed by atoms with Crippen molar-refractivity contribution in [3.8, 4) is 0 Å². The van der Waals surface area contributed by atoms with Crippen molar-refractivity contribution in [3.05, 3.63) is 47.5 Å². The minimum Gasteiger partial charge on any atom is -0.331 e. The van der Waals surface area contributed by atoms with Gasteiger partial charge in [0.2, 0.25) is 5.91 Å². The predicted octanol–water partition coefficient (Wildman–Crippen LogP) is 5.72. The summed E-state index contributed by atoms with van der Waals surface area (Å²) in [5.74, 6) is 1.06. The lowest BCUT2D eigenvalue weighted by Crippen LogP contribution is -2.52. The van der Waals surface area contributed by atoms with E-state index in [4.69, 9.17) is 11.6 Å². The molecule has 3 atom stereocenters. The molecule has 0 radical (unpaired) electrons. The Hall–Kier alpha value is -0.970. The van der Waals surface area contributed by atoms with Crippen LogP contribution in [0.25, 0.3) is 0 Å². The first-order valence-electron chi connectivity index (χ1n) is 10.6. The number of carbonyl (C=O) groups is 1. The average Bonchev–Trinajstić information content (AvgIpc) is 3.57. The molecule has 152 valence electrons. The van der Waals surface area contributed by atoms with Crippen LogP contribution in [0.1, 0.15) is 56.6 Å². The van der Waals surface area contributed by atoms with E-state index in [9.17, 15) is 4.79 Å². The number of carbonyl (C=O) groups excluding carboxylic acids is 1. The zero-order chi connectivity index (χ0) is 19.7. The molecule has 1 heterocycles. The lowest BCUT2D eigenvalue weighted by molar-refractivity contribution is -0.146. The van der Waals surface area contributed by atoms with Gasteiger partial charge in [0.25, 0.3) is 0 Å². The molecule has 1 aromatic rings. The molecule has 3 aliphatic rings. The van der Waals surface area contributed by atoms with Crippen LogP contribution in [0, 0.1) is 11.8 Å². The summed E-state index contributed by atoms with van der Waals surface area (Å²) in [6.45, 7) is 4.85. The molecule has 1 aromatic carbocycles. The topological polar surface area (TPSA) is 23.6 Å². The summed E-state index contributed by atoms with van der Waals surface area (Å²) in [6.07, 6.45) is 9.82. The Morgan fingerprint density at radius 3 is 2.54 bits per heavy atom. The zero-order valence-electron chi connectivity index (χ0n) is 16.7. The van der Waals surface area contributed by atoms with E-state index >= 15 is 0 Å². The van der Waals surface area contributed by atoms with Gasteiger partial charge in [0.15, 0.2) is 0 Å². The monoisotopic (exact) mass is 418 g/mol. The molecule has 1 aliphatic heterocycles. The molecule has 2 aliphatic carbocycles. The van der Waals surface area contributed by atoms with Crippen molar-refractivity contribution in [2.75, 3.05) is 13.6 Å². The van der Waals surface area contributed by atoms with Crippen LogP contribution in [0.2, 0.25) is 5.02 Å². The van der Waals surface area contributed by atoms with Gasteiger partial charge in [-0.2, -0.15) is 0 Å². The number of likely N-dealkylation sites (tertiary alicyclic amines) is 1. The first kappa shape index (κ1) is 20.3. The van der Waals surface area contributed by atoms with Crippen LogP contribution >= 0.6 is 23.5 Å². The Kier molecular flexibility index (Phi) is 6.39. The lowest BCUT2D eigenvalue weighted by atomic mass is 9.84. The molecule has 1 saturated heterocycles. The summed E-state index contributed by atoms with van der Waals surface area (Å²) in [4.78, 5) is 15.8. The van der Waals surface area contributed by atoms with Crippen LogP contribution in [0.15, 0.2) is 36.9 Å².